The number of fused-ring (bicyclic) bond motifs is 1. The van der Waals surface area contributed by atoms with E-state index in [9.17, 15) is 0 Å². The first-order valence-corrected chi connectivity index (χ1v) is 7.74. The standard InChI is InChI=1S/C18H20ClNO/c1-21-11-10-20-9-8-14-12-15(6-7-16(14)13-20)17-4-2-3-5-18(17)19/h2-7,12H,8-11,13H2,1H3. The van der Waals surface area contributed by atoms with E-state index < -0.39 is 0 Å². The number of hydrogen-bond acceptors (Lipinski definition) is 2. The number of ether oxygens (including phenoxy) is 1. The summed E-state index contributed by atoms with van der Waals surface area (Å²) in [7, 11) is 1.76. The molecule has 0 saturated carbocycles. The molecule has 0 aliphatic carbocycles. The maximum Gasteiger partial charge on any atom is 0.0589 e. The summed E-state index contributed by atoms with van der Waals surface area (Å²) in [4.78, 5) is 2.45. The highest BCUT2D eigenvalue weighted by Gasteiger charge is 2.16. The van der Waals surface area contributed by atoms with Crippen LogP contribution in [0.4, 0.5) is 0 Å². The second kappa shape index (κ2) is 6.61. The fraction of sp³-hybridized carbons (Fsp3) is 0.333. The Morgan fingerprint density at radius 2 is 2.00 bits per heavy atom. The van der Waals surface area contributed by atoms with Crippen LogP contribution in [0.15, 0.2) is 42.5 Å². The summed E-state index contributed by atoms with van der Waals surface area (Å²) < 4.78 is 5.17. The maximum absolute atomic E-state index is 6.30. The molecule has 0 amide bonds. The topological polar surface area (TPSA) is 12.5 Å². The Labute approximate surface area is 131 Å². The number of hydrogen-bond donors (Lipinski definition) is 0. The smallest absolute Gasteiger partial charge is 0.0589 e. The normalized spacial score (nSPS) is 15.0. The van der Waals surface area contributed by atoms with Gasteiger partial charge in [0.25, 0.3) is 0 Å². The minimum absolute atomic E-state index is 0.799. The molecule has 2 aromatic rings. The fourth-order valence-electron chi connectivity index (χ4n) is 2.89. The largest absolute Gasteiger partial charge is 0.383 e. The third-order valence-corrected chi connectivity index (χ3v) is 4.42. The van der Waals surface area contributed by atoms with Gasteiger partial charge < -0.3 is 4.74 Å². The Kier molecular flexibility index (Phi) is 4.59. The van der Waals surface area contributed by atoms with E-state index in [1.807, 2.05) is 18.2 Å². The number of halogens is 1. The summed E-state index contributed by atoms with van der Waals surface area (Å²) in [5.41, 5.74) is 5.20. The molecule has 1 aliphatic rings. The fourth-order valence-corrected chi connectivity index (χ4v) is 3.13. The molecule has 0 spiro atoms. The van der Waals surface area contributed by atoms with Crippen LogP contribution in [-0.2, 0) is 17.7 Å². The van der Waals surface area contributed by atoms with Crippen molar-refractivity contribution in [3.8, 4) is 11.1 Å². The van der Waals surface area contributed by atoms with Crippen LogP contribution in [-0.4, -0.2) is 31.7 Å². The number of methoxy groups -OCH3 is 1. The highest BCUT2D eigenvalue weighted by molar-refractivity contribution is 6.33. The van der Waals surface area contributed by atoms with Crippen molar-refractivity contribution in [3.63, 3.8) is 0 Å². The molecular formula is C18H20ClNO. The third-order valence-electron chi connectivity index (χ3n) is 4.09. The molecule has 2 nitrogen and oxygen atoms in total. The predicted octanol–water partition coefficient (Wildman–Crippen LogP) is 4.01. The summed E-state index contributed by atoms with van der Waals surface area (Å²) in [6.45, 7) is 3.92. The minimum Gasteiger partial charge on any atom is -0.383 e. The first-order valence-electron chi connectivity index (χ1n) is 7.36. The Hall–Kier alpha value is -1.35. The summed E-state index contributed by atoms with van der Waals surface area (Å²) in [5.74, 6) is 0. The van der Waals surface area contributed by atoms with Gasteiger partial charge in [-0.3, -0.25) is 4.90 Å². The summed E-state index contributed by atoms with van der Waals surface area (Å²) in [5, 5.41) is 0.815. The zero-order valence-electron chi connectivity index (χ0n) is 12.3. The van der Waals surface area contributed by atoms with Crippen molar-refractivity contribution in [1.82, 2.24) is 4.90 Å². The quantitative estimate of drug-likeness (QED) is 0.846. The molecule has 0 radical (unpaired) electrons. The Morgan fingerprint density at radius 3 is 2.81 bits per heavy atom. The van der Waals surface area contributed by atoms with Gasteiger partial charge in [-0.15, -0.1) is 0 Å². The molecule has 0 saturated heterocycles. The van der Waals surface area contributed by atoms with E-state index in [4.69, 9.17) is 16.3 Å². The first-order chi connectivity index (χ1) is 10.3. The maximum atomic E-state index is 6.30. The summed E-state index contributed by atoms with van der Waals surface area (Å²) >= 11 is 6.30. The zero-order valence-corrected chi connectivity index (χ0v) is 13.1. The van der Waals surface area contributed by atoms with Gasteiger partial charge in [0.05, 0.1) is 6.61 Å². The molecule has 2 aromatic carbocycles. The molecule has 0 fully saturated rings. The van der Waals surface area contributed by atoms with E-state index in [0.29, 0.717) is 0 Å². The van der Waals surface area contributed by atoms with Crippen molar-refractivity contribution in [2.24, 2.45) is 0 Å². The SMILES string of the molecule is COCCN1CCc2cc(-c3ccccc3Cl)ccc2C1. The van der Waals surface area contributed by atoms with Crippen molar-refractivity contribution >= 4 is 11.6 Å². The molecule has 1 heterocycles. The molecule has 110 valence electrons. The van der Waals surface area contributed by atoms with Gasteiger partial charge in [0, 0.05) is 37.3 Å². The lowest BCUT2D eigenvalue weighted by Gasteiger charge is -2.28. The van der Waals surface area contributed by atoms with Crippen LogP contribution in [0.1, 0.15) is 11.1 Å². The van der Waals surface area contributed by atoms with Gasteiger partial charge in [0.2, 0.25) is 0 Å². The second-order valence-corrected chi connectivity index (χ2v) is 5.89. The van der Waals surface area contributed by atoms with Crippen LogP contribution in [0.3, 0.4) is 0 Å². The van der Waals surface area contributed by atoms with Crippen LogP contribution in [0.2, 0.25) is 5.02 Å². The third kappa shape index (κ3) is 3.29. The van der Waals surface area contributed by atoms with Crippen molar-refractivity contribution in [3.05, 3.63) is 58.6 Å². The van der Waals surface area contributed by atoms with Gasteiger partial charge >= 0.3 is 0 Å². The van der Waals surface area contributed by atoms with E-state index in [1.54, 1.807) is 7.11 Å². The number of benzene rings is 2. The van der Waals surface area contributed by atoms with Gasteiger partial charge in [-0.05, 0) is 29.2 Å². The Morgan fingerprint density at radius 1 is 1.14 bits per heavy atom. The number of rotatable bonds is 4. The molecule has 3 heteroatoms. The van der Waals surface area contributed by atoms with Crippen LogP contribution in [0.25, 0.3) is 11.1 Å². The van der Waals surface area contributed by atoms with Crippen molar-refractivity contribution in [1.29, 1.82) is 0 Å². The van der Waals surface area contributed by atoms with Crippen LogP contribution in [0, 0.1) is 0 Å². The molecule has 0 N–H and O–H groups in total. The van der Waals surface area contributed by atoms with Gasteiger partial charge in [-0.1, -0.05) is 48.0 Å². The minimum atomic E-state index is 0.799. The molecule has 0 atom stereocenters. The molecule has 0 unspecified atom stereocenters. The zero-order chi connectivity index (χ0) is 14.7. The molecule has 21 heavy (non-hydrogen) atoms. The highest BCUT2D eigenvalue weighted by atomic mass is 35.5. The summed E-state index contributed by atoms with van der Waals surface area (Å²) in [6, 6.07) is 14.8. The Balaban J connectivity index is 1.82. The van der Waals surface area contributed by atoms with Crippen molar-refractivity contribution in [2.75, 3.05) is 26.8 Å². The second-order valence-electron chi connectivity index (χ2n) is 5.48. The van der Waals surface area contributed by atoms with Crippen molar-refractivity contribution in [2.45, 2.75) is 13.0 Å². The molecule has 0 aromatic heterocycles. The van der Waals surface area contributed by atoms with Crippen LogP contribution in [0.5, 0.6) is 0 Å². The monoisotopic (exact) mass is 301 g/mol. The van der Waals surface area contributed by atoms with E-state index in [0.717, 1.165) is 43.2 Å². The summed E-state index contributed by atoms with van der Waals surface area (Å²) in [6.07, 6.45) is 1.09. The van der Waals surface area contributed by atoms with E-state index in [2.05, 4.69) is 29.2 Å². The molecule has 3 rings (SSSR count). The van der Waals surface area contributed by atoms with Crippen LogP contribution < -0.4 is 0 Å². The number of nitrogens with zero attached hydrogens (tertiary/aromatic N) is 1. The molecular weight excluding hydrogens is 282 g/mol. The van der Waals surface area contributed by atoms with E-state index in [-0.39, 0.29) is 0 Å². The molecule has 0 bridgehead atoms. The average molecular weight is 302 g/mol. The van der Waals surface area contributed by atoms with E-state index in [1.165, 1.54) is 16.7 Å². The van der Waals surface area contributed by atoms with Crippen LogP contribution >= 0.6 is 11.6 Å². The Bertz CT molecular complexity index is 626. The van der Waals surface area contributed by atoms with Gasteiger partial charge in [0.1, 0.15) is 0 Å². The van der Waals surface area contributed by atoms with Gasteiger partial charge in [-0.2, -0.15) is 0 Å². The lowest BCUT2D eigenvalue weighted by Crippen LogP contribution is -2.33. The first kappa shape index (κ1) is 14.6. The van der Waals surface area contributed by atoms with E-state index >= 15 is 0 Å². The van der Waals surface area contributed by atoms with Gasteiger partial charge in [0.15, 0.2) is 0 Å². The predicted molar refractivity (Wildman–Crippen MR) is 87.7 cm³/mol. The van der Waals surface area contributed by atoms with Crippen molar-refractivity contribution < 1.29 is 4.74 Å². The lowest BCUT2D eigenvalue weighted by atomic mass is 9.94. The molecule has 1 aliphatic heterocycles. The average Bonchev–Trinajstić information content (AvgIpc) is 2.53. The highest BCUT2D eigenvalue weighted by Crippen LogP contribution is 2.30. The van der Waals surface area contributed by atoms with Gasteiger partial charge in [-0.25, -0.2) is 0 Å². The lowest BCUT2D eigenvalue weighted by molar-refractivity contribution is 0.141.